The first kappa shape index (κ1) is 11.5. The lowest BCUT2D eigenvalue weighted by atomic mass is 10.1. The Kier molecular flexibility index (Phi) is 3.06. The zero-order valence-corrected chi connectivity index (χ0v) is 10.3. The molecule has 1 heterocycles. The van der Waals surface area contributed by atoms with Crippen LogP contribution in [0.2, 0.25) is 0 Å². The quantitative estimate of drug-likeness (QED) is 0.855. The molecule has 88 valence electrons. The van der Waals surface area contributed by atoms with Crippen molar-refractivity contribution in [2.24, 2.45) is 5.73 Å². The Morgan fingerprint density at radius 1 is 1.24 bits per heavy atom. The number of carbonyl (C=O) groups excluding carboxylic acids is 1. The minimum atomic E-state index is -0.631. The summed E-state index contributed by atoms with van der Waals surface area (Å²) in [5, 5.41) is 11.4. The van der Waals surface area contributed by atoms with Gasteiger partial charge in [-0.2, -0.15) is 0 Å². The molecule has 17 heavy (non-hydrogen) atoms. The van der Waals surface area contributed by atoms with E-state index in [9.17, 15) is 4.79 Å². The second kappa shape index (κ2) is 4.50. The van der Waals surface area contributed by atoms with E-state index in [0.29, 0.717) is 5.13 Å². The molecule has 0 aliphatic rings. The van der Waals surface area contributed by atoms with Crippen molar-refractivity contribution in [1.29, 1.82) is 0 Å². The first-order valence-electron chi connectivity index (χ1n) is 5.03. The zero-order chi connectivity index (χ0) is 12.4. The molecule has 0 fully saturated rings. The van der Waals surface area contributed by atoms with Crippen LogP contribution < -0.4 is 11.1 Å². The summed E-state index contributed by atoms with van der Waals surface area (Å²) in [5.74, 6) is 0. The lowest BCUT2D eigenvalue weighted by molar-refractivity contribution is 0.259. The van der Waals surface area contributed by atoms with Gasteiger partial charge in [-0.3, -0.25) is 5.32 Å². The van der Waals surface area contributed by atoms with E-state index in [-0.39, 0.29) is 0 Å². The van der Waals surface area contributed by atoms with E-state index >= 15 is 0 Å². The Bertz CT molecular complexity index is 544. The smallest absolute Gasteiger partial charge is 0.318 e. The number of anilines is 1. The third-order valence-electron chi connectivity index (χ3n) is 2.12. The summed E-state index contributed by atoms with van der Waals surface area (Å²) in [6.45, 7) is 4.06. The molecular formula is C11H12N4OS. The Morgan fingerprint density at radius 3 is 2.47 bits per heavy atom. The predicted octanol–water partition coefficient (Wildman–Crippen LogP) is 2.31. The summed E-state index contributed by atoms with van der Waals surface area (Å²) in [6, 6.07) is 5.52. The largest absolute Gasteiger partial charge is 0.351 e. The second-order valence-corrected chi connectivity index (χ2v) is 4.76. The van der Waals surface area contributed by atoms with E-state index in [4.69, 9.17) is 5.73 Å². The Morgan fingerprint density at radius 2 is 1.88 bits per heavy atom. The Labute approximate surface area is 103 Å². The van der Waals surface area contributed by atoms with Crippen LogP contribution in [0.5, 0.6) is 0 Å². The maximum atomic E-state index is 10.7. The monoisotopic (exact) mass is 248 g/mol. The summed E-state index contributed by atoms with van der Waals surface area (Å²) >= 11 is 1.30. The van der Waals surface area contributed by atoms with E-state index in [0.717, 1.165) is 10.6 Å². The molecule has 6 heteroatoms. The number of carbonyl (C=O) groups is 1. The summed E-state index contributed by atoms with van der Waals surface area (Å²) in [4.78, 5) is 10.7. The molecule has 0 saturated carbocycles. The number of primary amides is 1. The van der Waals surface area contributed by atoms with Crippen LogP contribution in [0, 0.1) is 13.8 Å². The predicted molar refractivity (Wildman–Crippen MR) is 68.0 cm³/mol. The number of hydrogen-bond acceptors (Lipinski definition) is 4. The number of benzene rings is 1. The molecule has 2 aromatic rings. The topological polar surface area (TPSA) is 80.9 Å². The first-order valence-corrected chi connectivity index (χ1v) is 5.85. The highest BCUT2D eigenvalue weighted by Gasteiger charge is 2.08. The van der Waals surface area contributed by atoms with Crippen LogP contribution in [-0.4, -0.2) is 16.2 Å². The fourth-order valence-electron chi connectivity index (χ4n) is 1.59. The molecule has 0 aliphatic carbocycles. The molecule has 0 unspecified atom stereocenters. The molecule has 0 radical (unpaired) electrons. The lowest BCUT2D eigenvalue weighted by Crippen LogP contribution is -2.18. The molecule has 1 aromatic carbocycles. The number of nitrogens with zero attached hydrogens (tertiary/aromatic N) is 2. The number of aromatic nitrogens is 2. The number of aryl methyl sites for hydroxylation is 2. The van der Waals surface area contributed by atoms with Crippen LogP contribution in [0.1, 0.15) is 11.1 Å². The van der Waals surface area contributed by atoms with Crippen molar-refractivity contribution in [1.82, 2.24) is 10.2 Å². The molecule has 0 saturated heterocycles. The molecular weight excluding hydrogens is 236 g/mol. The van der Waals surface area contributed by atoms with Gasteiger partial charge >= 0.3 is 6.03 Å². The normalized spacial score (nSPS) is 10.2. The maximum Gasteiger partial charge on any atom is 0.318 e. The van der Waals surface area contributed by atoms with Crippen LogP contribution in [0.25, 0.3) is 10.6 Å². The fourth-order valence-corrected chi connectivity index (χ4v) is 2.33. The number of amides is 2. The fraction of sp³-hybridized carbons (Fsp3) is 0.182. The van der Waals surface area contributed by atoms with Crippen LogP contribution >= 0.6 is 11.3 Å². The first-order chi connectivity index (χ1) is 8.04. The van der Waals surface area contributed by atoms with E-state index in [1.54, 1.807) is 0 Å². The molecule has 0 spiro atoms. The molecule has 0 aliphatic heterocycles. The standard InChI is InChI=1S/C11H12N4OS/c1-6-3-7(2)5-8(4-6)9-14-15-11(17-9)13-10(12)16/h3-5H,1-2H3,(H3,12,13,15,16). The summed E-state index contributed by atoms with van der Waals surface area (Å²) in [5.41, 5.74) is 8.34. The highest BCUT2D eigenvalue weighted by atomic mass is 32.1. The van der Waals surface area contributed by atoms with Gasteiger partial charge in [-0.05, 0) is 26.0 Å². The molecule has 3 N–H and O–H groups in total. The molecule has 5 nitrogen and oxygen atoms in total. The molecule has 0 bridgehead atoms. The van der Waals surface area contributed by atoms with E-state index in [2.05, 4.69) is 21.6 Å². The Hall–Kier alpha value is -1.95. The average molecular weight is 248 g/mol. The van der Waals surface area contributed by atoms with Crippen LogP contribution in [0.15, 0.2) is 18.2 Å². The van der Waals surface area contributed by atoms with Gasteiger partial charge < -0.3 is 5.73 Å². The van der Waals surface area contributed by atoms with Gasteiger partial charge in [0.05, 0.1) is 0 Å². The average Bonchev–Trinajstić information content (AvgIpc) is 2.63. The number of nitrogens with two attached hydrogens (primary N) is 1. The van der Waals surface area contributed by atoms with Crippen molar-refractivity contribution < 1.29 is 4.79 Å². The van der Waals surface area contributed by atoms with Gasteiger partial charge in [0, 0.05) is 5.56 Å². The van der Waals surface area contributed by atoms with Crippen molar-refractivity contribution in [2.45, 2.75) is 13.8 Å². The lowest BCUT2D eigenvalue weighted by Gasteiger charge is -2.00. The van der Waals surface area contributed by atoms with Gasteiger partial charge in [-0.1, -0.05) is 28.5 Å². The van der Waals surface area contributed by atoms with Crippen LogP contribution in [-0.2, 0) is 0 Å². The minimum absolute atomic E-state index is 0.409. The third-order valence-corrected chi connectivity index (χ3v) is 3.01. The van der Waals surface area contributed by atoms with E-state index in [1.807, 2.05) is 26.0 Å². The summed E-state index contributed by atoms with van der Waals surface area (Å²) in [7, 11) is 0. The Balaban J connectivity index is 2.33. The number of hydrogen-bond donors (Lipinski definition) is 2. The summed E-state index contributed by atoms with van der Waals surface area (Å²) in [6.07, 6.45) is 0. The van der Waals surface area contributed by atoms with Gasteiger partial charge in [0.1, 0.15) is 5.01 Å². The second-order valence-electron chi connectivity index (χ2n) is 3.78. The number of nitrogens with one attached hydrogen (secondary N) is 1. The van der Waals surface area contributed by atoms with Crippen LogP contribution in [0.4, 0.5) is 9.93 Å². The van der Waals surface area contributed by atoms with Gasteiger partial charge in [0.25, 0.3) is 0 Å². The highest BCUT2D eigenvalue weighted by molar-refractivity contribution is 7.18. The maximum absolute atomic E-state index is 10.7. The van der Waals surface area contributed by atoms with Crippen molar-refractivity contribution in [3.63, 3.8) is 0 Å². The number of rotatable bonds is 2. The molecule has 2 amide bonds. The van der Waals surface area contributed by atoms with Gasteiger partial charge in [0.2, 0.25) is 5.13 Å². The number of urea groups is 1. The minimum Gasteiger partial charge on any atom is -0.351 e. The van der Waals surface area contributed by atoms with E-state index < -0.39 is 6.03 Å². The molecule has 0 atom stereocenters. The van der Waals surface area contributed by atoms with Crippen LogP contribution in [0.3, 0.4) is 0 Å². The van der Waals surface area contributed by atoms with Gasteiger partial charge in [0.15, 0.2) is 0 Å². The van der Waals surface area contributed by atoms with E-state index in [1.165, 1.54) is 22.5 Å². The zero-order valence-electron chi connectivity index (χ0n) is 9.52. The highest BCUT2D eigenvalue weighted by Crippen LogP contribution is 2.27. The van der Waals surface area contributed by atoms with Crippen molar-refractivity contribution in [3.05, 3.63) is 29.3 Å². The molecule has 2 rings (SSSR count). The van der Waals surface area contributed by atoms with Crippen molar-refractivity contribution in [3.8, 4) is 10.6 Å². The van der Waals surface area contributed by atoms with Gasteiger partial charge in [-0.25, -0.2) is 4.79 Å². The van der Waals surface area contributed by atoms with Gasteiger partial charge in [-0.15, -0.1) is 10.2 Å². The van der Waals surface area contributed by atoms with Crippen molar-refractivity contribution >= 4 is 22.5 Å². The summed E-state index contributed by atoms with van der Waals surface area (Å²) < 4.78 is 0. The van der Waals surface area contributed by atoms with Crippen molar-refractivity contribution in [2.75, 3.05) is 5.32 Å². The third kappa shape index (κ3) is 2.79. The molecule has 1 aromatic heterocycles. The SMILES string of the molecule is Cc1cc(C)cc(-c2nnc(NC(N)=O)s2)c1.